The first-order valence-electron chi connectivity index (χ1n) is 8.74. The molecule has 0 saturated heterocycles. The van der Waals surface area contributed by atoms with Gasteiger partial charge in [0.1, 0.15) is 11.3 Å². The third kappa shape index (κ3) is 3.92. The molecular weight excluding hydrogens is 375 g/mol. The highest BCUT2D eigenvalue weighted by Gasteiger charge is 2.13. The van der Waals surface area contributed by atoms with E-state index in [0.717, 1.165) is 4.90 Å². The lowest BCUT2D eigenvalue weighted by atomic mass is 10.2. The average molecular weight is 392 g/mol. The Morgan fingerprint density at radius 2 is 1.89 bits per heavy atom. The number of hydrogen-bond donors (Lipinski definition) is 1. The van der Waals surface area contributed by atoms with E-state index in [4.69, 9.17) is 4.42 Å². The number of oxazole rings is 1. The van der Waals surface area contributed by atoms with Crippen LogP contribution in [0, 0.1) is 12.7 Å². The molecule has 0 unspecified atom stereocenters. The van der Waals surface area contributed by atoms with Gasteiger partial charge in [0, 0.05) is 23.3 Å². The van der Waals surface area contributed by atoms with Crippen LogP contribution in [0.15, 0.2) is 76.0 Å². The van der Waals surface area contributed by atoms with Crippen LogP contribution in [0.25, 0.3) is 11.1 Å². The number of nitrogens with zero attached hydrogens (tertiary/aromatic N) is 1. The van der Waals surface area contributed by atoms with E-state index < -0.39 is 0 Å². The van der Waals surface area contributed by atoms with E-state index in [1.807, 2.05) is 18.2 Å². The molecule has 0 atom stereocenters. The summed E-state index contributed by atoms with van der Waals surface area (Å²) in [4.78, 5) is 17.9. The van der Waals surface area contributed by atoms with Crippen LogP contribution in [-0.2, 0) is 5.75 Å². The molecule has 140 valence electrons. The number of rotatable bonds is 5. The van der Waals surface area contributed by atoms with Crippen LogP contribution in [-0.4, -0.2) is 10.9 Å². The van der Waals surface area contributed by atoms with Crippen LogP contribution in [0.2, 0.25) is 0 Å². The van der Waals surface area contributed by atoms with E-state index in [1.165, 1.54) is 17.8 Å². The van der Waals surface area contributed by atoms with E-state index in [2.05, 4.69) is 10.3 Å². The molecule has 0 bridgehead atoms. The zero-order valence-electron chi connectivity index (χ0n) is 15.1. The number of benzene rings is 3. The minimum Gasteiger partial charge on any atom is -0.441 e. The van der Waals surface area contributed by atoms with E-state index in [1.54, 1.807) is 49.4 Å². The third-order valence-electron chi connectivity index (χ3n) is 4.23. The molecule has 28 heavy (non-hydrogen) atoms. The SMILES string of the molecule is Cc1nc2cc(NC(=O)c3ccccc3SCc3ccccc3F)ccc2o1. The molecule has 0 aliphatic rings. The van der Waals surface area contributed by atoms with Crippen molar-refractivity contribution in [3.05, 3.63) is 89.6 Å². The molecule has 4 nitrogen and oxygen atoms in total. The predicted molar refractivity (Wildman–Crippen MR) is 109 cm³/mol. The van der Waals surface area contributed by atoms with Gasteiger partial charge in [0.15, 0.2) is 11.5 Å². The molecule has 0 radical (unpaired) electrons. The summed E-state index contributed by atoms with van der Waals surface area (Å²) in [7, 11) is 0. The molecule has 0 fully saturated rings. The normalized spacial score (nSPS) is 10.9. The number of thioether (sulfide) groups is 1. The van der Waals surface area contributed by atoms with Gasteiger partial charge >= 0.3 is 0 Å². The van der Waals surface area contributed by atoms with Crippen LogP contribution >= 0.6 is 11.8 Å². The van der Waals surface area contributed by atoms with Gasteiger partial charge in [-0.25, -0.2) is 9.37 Å². The van der Waals surface area contributed by atoms with Crippen molar-refractivity contribution >= 4 is 34.5 Å². The Bertz CT molecular complexity index is 1160. The van der Waals surface area contributed by atoms with Gasteiger partial charge in [-0.05, 0) is 42.0 Å². The minimum atomic E-state index is -0.242. The first-order chi connectivity index (χ1) is 13.6. The number of nitrogens with one attached hydrogen (secondary N) is 1. The molecule has 1 N–H and O–H groups in total. The van der Waals surface area contributed by atoms with E-state index in [9.17, 15) is 9.18 Å². The number of anilines is 1. The number of fused-ring (bicyclic) bond motifs is 1. The number of halogens is 1. The summed E-state index contributed by atoms with van der Waals surface area (Å²) >= 11 is 1.43. The van der Waals surface area contributed by atoms with E-state index in [-0.39, 0.29) is 11.7 Å². The van der Waals surface area contributed by atoms with Crippen LogP contribution in [0.1, 0.15) is 21.8 Å². The molecule has 6 heteroatoms. The molecule has 0 spiro atoms. The molecule has 3 aromatic carbocycles. The van der Waals surface area contributed by atoms with Crippen molar-refractivity contribution in [1.82, 2.24) is 4.98 Å². The lowest BCUT2D eigenvalue weighted by Gasteiger charge is -2.10. The van der Waals surface area contributed by atoms with Crippen LogP contribution in [0.4, 0.5) is 10.1 Å². The summed E-state index contributed by atoms with van der Waals surface area (Å²) in [5, 5.41) is 2.90. The molecule has 0 aliphatic carbocycles. The second kappa shape index (κ2) is 7.86. The van der Waals surface area contributed by atoms with Gasteiger partial charge in [0.2, 0.25) is 0 Å². The van der Waals surface area contributed by atoms with Crippen molar-refractivity contribution in [2.75, 3.05) is 5.32 Å². The number of aromatic nitrogens is 1. The Labute approximate surface area is 165 Å². The maximum atomic E-state index is 13.9. The van der Waals surface area contributed by atoms with E-state index in [0.29, 0.717) is 39.6 Å². The highest BCUT2D eigenvalue weighted by atomic mass is 32.2. The van der Waals surface area contributed by atoms with Gasteiger partial charge in [-0.1, -0.05) is 30.3 Å². The molecule has 0 aliphatic heterocycles. The van der Waals surface area contributed by atoms with Crippen LogP contribution < -0.4 is 5.32 Å². The summed E-state index contributed by atoms with van der Waals surface area (Å²) in [5.74, 6) is 0.555. The predicted octanol–water partition coefficient (Wildman–Crippen LogP) is 5.82. The van der Waals surface area contributed by atoms with Gasteiger partial charge in [-0.2, -0.15) is 0 Å². The lowest BCUT2D eigenvalue weighted by Crippen LogP contribution is -2.13. The first kappa shape index (κ1) is 18.3. The average Bonchev–Trinajstić information content (AvgIpc) is 3.07. The van der Waals surface area contributed by atoms with Gasteiger partial charge in [0.05, 0.1) is 5.56 Å². The summed E-state index contributed by atoms with van der Waals surface area (Å²) in [5.41, 5.74) is 3.16. The van der Waals surface area contributed by atoms with Gasteiger partial charge in [0.25, 0.3) is 5.91 Å². The Morgan fingerprint density at radius 1 is 1.11 bits per heavy atom. The second-order valence-electron chi connectivity index (χ2n) is 6.25. The Morgan fingerprint density at radius 3 is 2.75 bits per heavy atom. The van der Waals surface area contributed by atoms with Crippen LogP contribution in [0.3, 0.4) is 0 Å². The molecule has 1 amide bonds. The van der Waals surface area contributed by atoms with Gasteiger partial charge in [-0.3, -0.25) is 4.79 Å². The van der Waals surface area contributed by atoms with Crippen molar-refractivity contribution in [1.29, 1.82) is 0 Å². The fourth-order valence-electron chi connectivity index (χ4n) is 2.87. The zero-order valence-corrected chi connectivity index (χ0v) is 15.9. The Hall–Kier alpha value is -3.12. The largest absolute Gasteiger partial charge is 0.441 e. The highest BCUT2D eigenvalue weighted by molar-refractivity contribution is 7.98. The topological polar surface area (TPSA) is 55.1 Å². The smallest absolute Gasteiger partial charge is 0.256 e. The van der Waals surface area contributed by atoms with Gasteiger partial charge < -0.3 is 9.73 Å². The summed E-state index contributed by atoms with van der Waals surface area (Å²) in [6, 6.07) is 19.3. The maximum Gasteiger partial charge on any atom is 0.256 e. The summed E-state index contributed by atoms with van der Waals surface area (Å²) in [6.45, 7) is 1.78. The van der Waals surface area contributed by atoms with Crippen molar-refractivity contribution in [2.45, 2.75) is 17.6 Å². The lowest BCUT2D eigenvalue weighted by molar-refractivity contribution is 0.102. The molecule has 4 rings (SSSR count). The molecule has 0 saturated carbocycles. The fraction of sp³-hybridized carbons (Fsp3) is 0.0909. The molecule has 1 heterocycles. The van der Waals surface area contributed by atoms with Crippen molar-refractivity contribution in [2.24, 2.45) is 0 Å². The van der Waals surface area contributed by atoms with Crippen molar-refractivity contribution < 1.29 is 13.6 Å². The number of carbonyl (C=O) groups is 1. The number of aryl methyl sites for hydroxylation is 1. The maximum absolute atomic E-state index is 13.9. The Balaban J connectivity index is 1.53. The minimum absolute atomic E-state index is 0.226. The quantitative estimate of drug-likeness (QED) is 0.435. The van der Waals surface area contributed by atoms with Gasteiger partial charge in [-0.15, -0.1) is 11.8 Å². The zero-order chi connectivity index (χ0) is 19.5. The third-order valence-corrected chi connectivity index (χ3v) is 5.35. The standard InChI is InChI=1S/C22H17FN2O2S/c1-14-24-19-12-16(10-11-20(19)27-14)25-22(26)17-7-3-5-9-21(17)28-13-15-6-2-4-8-18(15)23/h2-12H,13H2,1H3,(H,25,26). The first-order valence-corrected chi connectivity index (χ1v) is 9.72. The summed E-state index contributed by atoms with van der Waals surface area (Å²) < 4.78 is 19.3. The van der Waals surface area contributed by atoms with Crippen LogP contribution in [0.5, 0.6) is 0 Å². The molecular formula is C22H17FN2O2S. The van der Waals surface area contributed by atoms with Crippen molar-refractivity contribution in [3.63, 3.8) is 0 Å². The molecule has 1 aromatic heterocycles. The monoisotopic (exact) mass is 392 g/mol. The van der Waals surface area contributed by atoms with E-state index >= 15 is 0 Å². The second-order valence-corrected chi connectivity index (χ2v) is 7.26. The molecule has 4 aromatic rings. The highest BCUT2D eigenvalue weighted by Crippen LogP contribution is 2.28. The fourth-order valence-corrected chi connectivity index (χ4v) is 3.91. The number of carbonyl (C=O) groups excluding carboxylic acids is 1. The number of amides is 1. The number of hydrogen-bond acceptors (Lipinski definition) is 4. The summed E-state index contributed by atoms with van der Waals surface area (Å²) in [6.07, 6.45) is 0. The Kier molecular flexibility index (Phi) is 5.12. The van der Waals surface area contributed by atoms with Crippen molar-refractivity contribution in [3.8, 4) is 0 Å².